The maximum atomic E-state index is 11.5. The van der Waals surface area contributed by atoms with Crippen LogP contribution in [0.3, 0.4) is 0 Å². The van der Waals surface area contributed by atoms with Gasteiger partial charge in [0, 0.05) is 41.4 Å². The SMILES string of the molecule is COCCN(CCOC)c1cc(N(C)C)c([N+](=O)[O-])c2nonc12. The zero-order valence-corrected chi connectivity index (χ0v) is 14.2. The quantitative estimate of drug-likeness (QED) is 0.493. The van der Waals surface area contributed by atoms with Crippen molar-refractivity contribution >= 4 is 28.1 Å². The molecule has 1 heterocycles. The van der Waals surface area contributed by atoms with Gasteiger partial charge in [-0.1, -0.05) is 0 Å². The largest absolute Gasteiger partial charge is 0.383 e. The molecule has 0 fully saturated rings. The lowest BCUT2D eigenvalue weighted by Gasteiger charge is -2.25. The predicted octanol–water partition coefficient (Wildman–Crippen LogP) is 1.30. The van der Waals surface area contributed by atoms with Gasteiger partial charge >= 0.3 is 5.69 Å². The van der Waals surface area contributed by atoms with Crippen molar-refractivity contribution in [3.05, 3.63) is 16.2 Å². The van der Waals surface area contributed by atoms with Gasteiger partial charge in [0.15, 0.2) is 5.52 Å². The minimum Gasteiger partial charge on any atom is -0.383 e. The highest BCUT2D eigenvalue weighted by Crippen LogP contribution is 2.39. The van der Waals surface area contributed by atoms with E-state index in [1.807, 2.05) is 4.90 Å². The zero-order chi connectivity index (χ0) is 17.7. The third-order valence-corrected chi connectivity index (χ3v) is 3.61. The van der Waals surface area contributed by atoms with Gasteiger partial charge in [0.2, 0.25) is 5.52 Å². The fourth-order valence-electron chi connectivity index (χ4n) is 2.42. The molecule has 2 rings (SSSR count). The van der Waals surface area contributed by atoms with Gasteiger partial charge in [-0.3, -0.25) is 10.1 Å². The van der Waals surface area contributed by atoms with Crippen LogP contribution in [-0.4, -0.2) is 69.9 Å². The van der Waals surface area contributed by atoms with Crippen LogP contribution in [0.1, 0.15) is 0 Å². The molecule has 0 saturated carbocycles. The minimum absolute atomic E-state index is 0.126. The summed E-state index contributed by atoms with van der Waals surface area (Å²) in [7, 11) is 6.70. The van der Waals surface area contributed by atoms with Crippen molar-refractivity contribution in [1.29, 1.82) is 0 Å². The first-order valence-corrected chi connectivity index (χ1v) is 7.35. The lowest BCUT2D eigenvalue weighted by Crippen LogP contribution is -2.31. The summed E-state index contributed by atoms with van der Waals surface area (Å²) in [4.78, 5) is 14.7. The van der Waals surface area contributed by atoms with Gasteiger partial charge in [0.25, 0.3) is 0 Å². The Morgan fingerprint density at radius 1 is 1.12 bits per heavy atom. The van der Waals surface area contributed by atoms with Crippen LogP contribution in [-0.2, 0) is 9.47 Å². The van der Waals surface area contributed by atoms with Crippen molar-refractivity contribution in [1.82, 2.24) is 10.3 Å². The van der Waals surface area contributed by atoms with Gasteiger partial charge in [-0.2, -0.15) is 0 Å². The van der Waals surface area contributed by atoms with E-state index >= 15 is 0 Å². The van der Waals surface area contributed by atoms with Crippen molar-refractivity contribution in [2.24, 2.45) is 0 Å². The molecule has 0 amide bonds. The second kappa shape index (κ2) is 7.88. The van der Waals surface area contributed by atoms with E-state index in [1.165, 1.54) is 0 Å². The molecule has 0 radical (unpaired) electrons. The van der Waals surface area contributed by atoms with E-state index in [9.17, 15) is 10.1 Å². The molecule has 132 valence electrons. The summed E-state index contributed by atoms with van der Waals surface area (Å²) >= 11 is 0. The number of fused-ring (bicyclic) bond motifs is 1. The summed E-state index contributed by atoms with van der Waals surface area (Å²) in [6.45, 7) is 2.13. The molecule has 10 nitrogen and oxygen atoms in total. The first-order valence-electron chi connectivity index (χ1n) is 7.35. The van der Waals surface area contributed by atoms with Gasteiger partial charge in [-0.25, -0.2) is 4.63 Å². The molecule has 1 aromatic carbocycles. The van der Waals surface area contributed by atoms with Crippen LogP contribution in [0.25, 0.3) is 11.0 Å². The normalized spacial score (nSPS) is 11.0. The molecule has 24 heavy (non-hydrogen) atoms. The summed E-state index contributed by atoms with van der Waals surface area (Å²) in [5, 5.41) is 19.1. The highest BCUT2D eigenvalue weighted by molar-refractivity contribution is 5.99. The molecule has 0 N–H and O–H groups in total. The fraction of sp³-hybridized carbons (Fsp3) is 0.571. The van der Waals surface area contributed by atoms with Crippen molar-refractivity contribution < 1.29 is 19.0 Å². The van der Waals surface area contributed by atoms with Crippen molar-refractivity contribution in [2.45, 2.75) is 0 Å². The van der Waals surface area contributed by atoms with E-state index in [0.717, 1.165) is 0 Å². The number of aromatic nitrogens is 2. The topological polar surface area (TPSA) is 107 Å². The number of nitro groups is 1. The second-order valence-corrected chi connectivity index (χ2v) is 5.35. The van der Waals surface area contributed by atoms with Crippen molar-refractivity contribution in [3.8, 4) is 0 Å². The molecule has 0 spiro atoms. The number of hydrogen-bond donors (Lipinski definition) is 0. The number of methoxy groups -OCH3 is 2. The van der Waals surface area contributed by atoms with E-state index in [4.69, 9.17) is 14.1 Å². The molecular formula is C14H21N5O5. The lowest BCUT2D eigenvalue weighted by molar-refractivity contribution is -0.382. The Kier molecular flexibility index (Phi) is 5.88. The highest BCUT2D eigenvalue weighted by atomic mass is 16.6. The molecular weight excluding hydrogens is 318 g/mol. The molecule has 0 saturated heterocycles. The van der Waals surface area contributed by atoms with E-state index in [2.05, 4.69) is 10.3 Å². The number of ether oxygens (including phenoxy) is 2. The molecule has 0 aliphatic rings. The molecule has 10 heteroatoms. The first-order chi connectivity index (χ1) is 11.5. The Morgan fingerprint density at radius 2 is 1.71 bits per heavy atom. The van der Waals surface area contributed by atoms with Gasteiger partial charge in [-0.15, -0.1) is 0 Å². The monoisotopic (exact) mass is 339 g/mol. The van der Waals surface area contributed by atoms with Gasteiger partial charge in [-0.05, 0) is 16.4 Å². The third-order valence-electron chi connectivity index (χ3n) is 3.61. The Labute approximate surface area is 139 Å². The Balaban J connectivity index is 2.61. The molecule has 0 bridgehead atoms. The standard InChI is InChI=1S/C14H21N5O5/c1-17(2)11-9-10(18(5-7-22-3)6-8-23-4)12-13(16-24-15-12)14(11)19(20)21/h9H,5-8H2,1-4H3. The minimum atomic E-state index is -0.472. The van der Waals surface area contributed by atoms with Crippen LogP contribution in [0.15, 0.2) is 10.7 Å². The zero-order valence-electron chi connectivity index (χ0n) is 14.2. The maximum absolute atomic E-state index is 11.5. The smallest absolute Gasteiger partial charge is 0.323 e. The Hall–Kier alpha value is -2.46. The lowest BCUT2D eigenvalue weighted by atomic mass is 10.1. The molecule has 0 aliphatic carbocycles. The highest BCUT2D eigenvalue weighted by Gasteiger charge is 2.28. The van der Waals surface area contributed by atoms with Crippen LogP contribution < -0.4 is 9.80 Å². The average Bonchev–Trinajstić information content (AvgIpc) is 3.02. The van der Waals surface area contributed by atoms with Crippen LogP contribution in [0.4, 0.5) is 17.1 Å². The summed E-state index contributed by atoms with van der Waals surface area (Å²) in [6, 6.07) is 1.72. The summed E-state index contributed by atoms with van der Waals surface area (Å²) < 4.78 is 15.1. The number of hydrogen-bond acceptors (Lipinski definition) is 9. The summed E-state index contributed by atoms with van der Waals surface area (Å²) in [5.41, 5.74) is 1.46. The number of rotatable bonds is 9. The number of benzene rings is 1. The number of nitrogens with zero attached hydrogens (tertiary/aromatic N) is 5. The number of anilines is 2. The average molecular weight is 339 g/mol. The predicted molar refractivity (Wildman–Crippen MR) is 88.8 cm³/mol. The molecule has 0 unspecified atom stereocenters. The molecule has 1 aromatic heterocycles. The van der Waals surface area contributed by atoms with Gasteiger partial charge in [0.05, 0.1) is 23.8 Å². The van der Waals surface area contributed by atoms with E-state index in [0.29, 0.717) is 43.2 Å². The molecule has 0 atom stereocenters. The molecule has 2 aromatic rings. The van der Waals surface area contributed by atoms with E-state index in [-0.39, 0.29) is 11.2 Å². The Morgan fingerprint density at radius 3 is 2.21 bits per heavy atom. The summed E-state index contributed by atoms with van der Waals surface area (Å²) in [5.74, 6) is 0. The fourth-order valence-corrected chi connectivity index (χ4v) is 2.42. The van der Waals surface area contributed by atoms with Gasteiger partial charge < -0.3 is 19.3 Å². The maximum Gasteiger partial charge on any atom is 0.323 e. The van der Waals surface area contributed by atoms with Crippen molar-refractivity contribution in [2.75, 3.05) is 64.4 Å². The van der Waals surface area contributed by atoms with Crippen LogP contribution in [0.2, 0.25) is 0 Å². The number of nitro benzene ring substituents is 1. The van der Waals surface area contributed by atoms with E-state index in [1.54, 1.807) is 39.3 Å². The van der Waals surface area contributed by atoms with Crippen LogP contribution in [0, 0.1) is 10.1 Å². The molecule has 0 aliphatic heterocycles. The van der Waals surface area contributed by atoms with Crippen LogP contribution >= 0.6 is 0 Å². The second-order valence-electron chi connectivity index (χ2n) is 5.35. The first kappa shape index (κ1) is 17.9. The Bertz CT molecular complexity index is 694. The van der Waals surface area contributed by atoms with Gasteiger partial charge in [0.1, 0.15) is 5.69 Å². The van der Waals surface area contributed by atoms with E-state index < -0.39 is 4.92 Å². The summed E-state index contributed by atoms with van der Waals surface area (Å²) in [6.07, 6.45) is 0. The van der Waals surface area contributed by atoms with Crippen LogP contribution in [0.5, 0.6) is 0 Å². The van der Waals surface area contributed by atoms with Crippen molar-refractivity contribution in [3.63, 3.8) is 0 Å². The third kappa shape index (κ3) is 3.54.